The highest BCUT2D eigenvalue weighted by atomic mass is 79.9. The molecule has 1 aliphatic rings. The molecule has 2 rings (SSSR count). The zero-order chi connectivity index (χ0) is 14.5. The second kappa shape index (κ2) is 7.38. The van der Waals surface area contributed by atoms with Gasteiger partial charge in [0.2, 0.25) is 5.91 Å². The molecule has 0 bridgehead atoms. The van der Waals surface area contributed by atoms with Gasteiger partial charge in [0.05, 0.1) is 5.69 Å². The summed E-state index contributed by atoms with van der Waals surface area (Å²) in [5.74, 6) is 0.928. The Labute approximate surface area is 132 Å². The Morgan fingerprint density at radius 1 is 1.70 bits per heavy atom. The zero-order valence-corrected chi connectivity index (χ0v) is 13.8. The quantitative estimate of drug-likeness (QED) is 0.809. The van der Waals surface area contributed by atoms with E-state index in [1.807, 2.05) is 0 Å². The summed E-state index contributed by atoms with van der Waals surface area (Å²) >= 11 is 9.29. The number of pyridine rings is 1. The van der Waals surface area contributed by atoms with Gasteiger partial charge in [-0.15, -0.1) is 0 Å². The van der Waals surface area contributed by atoms with Gasteiger partial charge in [0.1, 0.15) is 0 Å². The minimum absolute atomic E-state index is 0.00938. The van der Waals surface area contributed by atoms with E-state index < -0.39 is 0 Å². The molecule has 1 saturated heterocycles. The largest absolute Gasteiger partial charge is 0.323 e. The lowest BCUT2D eigenvalue weighted by Crippen LogP contribution is -2.34. The molecule has 2 heterocycles. The highest BCUT2D eigenvalue weighted by molar-refractivity contribution is 9.10. The maximum atomic E-state index is 12.1. The molecule has 1 fully saturated rings. The topological polar surface area (TPSA) is 54.0 Å². The maximum absolute atomic E-state index is 12.1. The van der Waals surface area contributed by atoms with E-state index in [2.05, 4.69) is 38.5 Å². The lowest BCUT2D eigenvalue weighted by Gasteiger charge is -2.28. The highest BCUT2D eigenvalue weighted by Gasteiger charge is 2.22. The Bertz CT molecular complexity index is 477. The van der Waals surface area contributed by atoms with Gasteiger partial charge in [-0.1, -0.05) is 18.5 Å². The van der Waals surface area contributed by atoms with Crippen molar-refractivity contribution in [3.63, 3.8) is 0 Å². The summed E-state index contributed by atoms with van der Waals surface area (Å²) in [6.07, 6.45) is 4.50. The van der Waals surface area contributed by atoms with Crippen molar-refractivity contribution in [2.45, 2.75) is 26.2 Å². The fraction of sp³-hybridized carbons (Fsp3) is 0.571. The minimum Gasteiger partial charge on any atom is -0.323 e. The first-order valence-electron chi connectivity index (χ1n) is 6.88. The standard InChI is InChI=1S/C14H19BrClN3O/c1-9(10-3-2-4-17-7-10)5-13(20)19-12-6-11(15)8-18-14(12)16/h6,8-10,17H,2-5,7H2,1H3,(H,19,20). The average Bonchev–Trinajstić information content (AvgIpc) is 2.43. The van der Waals surface area contributed by atoms with Crippen LogP contribution >= 0.6 is 27.5 Å². The Morgan fingerprint density at radius 3 is 3.20 bits per heavy atom. The van der Waals surface area contributed by atoms with Crippen LogP contribution in [0.3, 0.4) is 0 Å². The molecule has 0 spiro atoms. The summed E-state index contributed by atoms with van der Waals surface area (Å²) in [5, 5.41) is 6.54. The van der Waals surface area contributed by atoms with E-state index in [1.54, 1.807) is 12.3 Å². The maximum Gasteiger partial charge on any atom is 0.224 e. The van der Waals surface area contributed by atoms with Crippen LogP contribution in [0, 0.1) is 11.8 Å². The Hall–Kier alpha value is -0.650. The molecular formula is C14H19BrClN3O. The van der Waals surface area contributed by atoms with E-state index >= 15 is 0 Å². The number of anilines is 1. The van der Waals surface area contributed by atoms with Gasteiger partial charge >= 0.3 is 0 Å². The van der Waals surface area contributed by atoms with Crippen molar-refractivity contribution in [3.05, 3.63) is 21.9 Å². The SMILES string of the molecule is CC(CC(=O)Nc1cc(Br)cnc1Cl)C1CCCNC1. The fourth-order valence-electron chi connectivity index (χ4n) is 2.54. The number of hydrogen-bond donors (Lipinski definition) is 2. The molecule has 0 radical (unpaired) electrons. The summed E-state index contributed by atoms with van der Waals surface area (Å²) in [5.41, 5.74) is 0.556. The number of carbonyl (C=O) groups is 1. The van der Waals surface area contributed by atoms with Crippen LogP contribution in [0.5, 0.6) is 0 Å². The fourth-order valence-corrected chi connectivity index (χ4v) is 3.02. The van der Waals surface area contributed by atoms with E-state index in [-0.39, 0.29) is 5.91 Å². The molecule has 6 heteroatoms. The molecule has 110 valence electrons. The number of nitrogens with one attached hydrogen (secondary N) is 2. The number of nitrogens with zero attached hydrogens (tertiary/aromatic N) is 1. The van der Waals surface area contributed by atoms with Crippen molar-refractivity contribution in [2.75, 3.05) is 18.4 Å². The van der Waals surface area contributed by atoms with Crippen molar-refractivity contribution >= 4 is 39.1 Å². The van der Waals surface area contributed by atoms with Crippen LogP contribution in [0.15, 0.2) is 16.7 Å². The van der Waals surface area contributed by atoms with E-state index in [4.69, 9.17) is 11.6 Å². The number of piperidine rings is 1. The van der Waals surface area contributed by atoms with Crippen molar-refractivity contribution in [3.8, 4) is 0 Å². The summed E-state index contributed by atoms with van der Waals surface area (Å²) in [4.78, 5) is 16.1. The molecule has 2 atom stereocenters. The lowest BCUT2D eigenvalue weighted by molar-refractivity contribution is -0.117. The van der Waals surface area contributed by atoms with Crippen LogP contribution < -0.4 is 10.6 Å². The predicted molar refractivity (Wildman–Crippen MR) is 85.0 cm³/mol. The summed E-state index contributed by atoms with van der Waals surface area (Å²) in [7, 11) is 0. The van der Waals surface area contributed by atoms with Gasteiger partial charge in [0, 0.05) is 17.1 Å². The Kier molecular flexibility index (Phi) is 5.81. The minimum atomic E-state index is -0.00938. The molecule has 0 aliphatic carbocycles. The van der Waals surface area contributed by atoms with Gasteiger partial charge in [0.25, 0.3) is 0 Å². The Balaban J connectivity index is 1.89. The van der Waals surface area contributed by atoms with Gasteiger partial charge in [-0.3, -0.25) is 4.79 Å². The predicted octanol–water partition coefficient (Wildman–Crippen LogP) is 3.46. The van der Waals surface area contributed by atoms with Gasteiger partial charge in [-0.25, -0.2) is 4.98 Å². The van der Waals surface area contributed by atoms with Crippen LogP contribution in [-0.4, -0.2) is 24.0 Å². The van der Waals surface area contributed by atoms with Gasteiger partial charge in [0.15, 0.2) is 5.15 Å². The molecule has 20 heavy (non-hydrogen) atoms. The van der Waals surface area contributed by atoms with Crippen molar-refractivity contribution in [2.24, 2.45) is 11.8 Å². The summed E-state index contributed by atoms with van der Waals surface area (Å²) in [6, 6.07) is 1.76. The zero-order valence-electron chi connectivity index (χ0n) is 11.5. The first kappa shape index (κ1) is 15.7. The van der Waals surface area contributed by atoms with E-state index in [9.17, 15) is 4.79 Å². The number of amides is 1. The monoisotopic (exact) mass is 359 g/mol. The van der Waals surface area contributed by atoms with Crippen LogP contribution in [0.25, 0.3) is 0 Å². The first-order valence-corrected chi connectivity index (χ1v) is 8.05. The smallest absolute Gasteiger partial charge is 0.224 e. The molecule has 0 saturated carbocycles. The van der Waals surface area contributed by atoms with E-state index in [0.29, 0.717) is 29.1 Å². The third-order valence-electron chi connectivity index (χ3n) is 3.73. The third kappa shape index (κ3) is 4.43. The first-order chi connectivity index (χ1) is 9.56. The number of carbonyl (C=O) groups excluding carboxylic acids is 1. The van der Waals surface area contributed by atoms with Crippen molar-refractivity contribution in [1.82, 2.24) is 10.3 Å². The van der Waals surface area contributed by atoms with Crippen molar-refractivity contribution < 1.29 is 4.79 Å². The normalized spacial score (nSPS) is 20.4. The van der Waals surface area contributed by atoms with E-state index in [0.717, 1.165) is 17.6 Å². The number of halogens is 2. The molecule has 1 aromatic heterocycles. The third-order valence-corrected chi connectivity index (χ3v) is 4.46. The highest BCUT2D eigenvalue weighted by Crippen LogP contribution is 2.25. The summed E-state index contributed by atoms with van der Waals surface area (Å²) in [6.45, 7) is 4.24. The lowest BCUT2D eigenvalue weighted by atomic mass is 9.85. The molecule has 0 aromatic carbocycles. The van der Waals surface area contributed by atoms with Crippen LogP contribution in [0.4, 0.5) is 5.69 Å². The number of hydrogen-bond acceptors (Lipinski definition) is 3. The Morgan fingerprint density at radius 2 is 2.50 bits per heavy atom. The van der Waals surface area contributed by atoms with Crippen molar-refractivity contribution in [1.29, 1.82) is 0 Å². The molecule has 2 N–H and O–H groups in total. The van der Waals surface area contributed by atoms with E-state index in [1.165, 1.54) is 12.8 Å². The average molecular weight is 361 g/mol. The summed E-state index contributed by atoms with van der Waals surface area (Å²) < 4.78 is 0.793. The second-order valence-corrected chi connectivity index (χ2v) is 6.60. The molecule has 1 amide bonds. The van der Waals surface area contributed by atoms with Crippen LogP contribution in [0.2, 0.25) is 5.15 Å². The number of rotatable bonds is 4. The molecule has 1 aromatic rings. The van der Waals surface area contributed by atoms with Gasteiger partial charge < -0.3 is 10.6 Å². The van der Waals surface area contributed by atoms with Crippen LogP contribution in [0.1, 0.15) is 26.2 Å². The molecule has 1 aliphatic heterocycles. The second-order valence-electron chi connectivity index (χ2n) is 5.33. The molecule has 2 unspecified atom stereocenters. The molecule has 4 nitrogen and oxygen atoms in total. The van der Waals surface area contributed by atoms with Gasteiger partial charge in [-0.05, 0) is 59.8 Å². The van der Waals surface area contributed by atoms with Gasteiger partial charge in [-0.2, -0.15) is 0 Å². The number of aromatic nitrogens is 1. The molecular weight excluding hydrogens is 342 g/mol. The van der Waals surface area contributed by atoms with Crippen LogP contribution in [-0.2, 0) is 4.79 Å².